The maximum absolute atomic E-state index is 6.63. The lowest BCUT2D eigenvalue weighted by molar-refractivity contribution is 0.426. The Morgan fingerprint density at radius 2 is 1.13 bits per heavy atom. The van der Waals surface area contributed by atoms with Crippen molar-refractivity contribution in [1.82, 2.24) is 5.32 Å². The van der Waals surface area contributed by atoms with Crippen LogP contribution in [-0.4, -0.2) is 11.9 Å². The molecule has 1 unspecified atom stereocenters. The van der Waals surface area contributed by atoms with Gasteiger partial charge in [-0.25, -0.2) is 4.99 Å². The van der Waals surface area contributed by atoms with E-state index in [0.29, 0.717) is 29.0 Å². The lowest BCUT2D eigenvalue weighted by Gasteiger charge is -2.32. The fourth-order valence-corrected chi connectivity index (χ4v) is 2.92. The van der Waals surface area contributed by atoms with Crippen LogP contribution >= 0.6 is 0 Å². The Morgan fingerprint density at radius 1 is 0.667 bits per heavy atom. The summed E-state index contributed by atoms with van der Waals surface area (Å²) < 4.78 is 0. The van der Waals surface area contributed by atoms with Gasteiger partial charge in [0, 0.05) is 34.0 Å². The molecule has 3 aromatic carbocycles. The fraction of sp³-hybridized carbons (Fsp3) is 0.0476. The molecule has 1 heterocycles. The highest BCUT2D eigenvalue weighted by Gasteiger charge is 2.32. The van der Waals surface area contributed by atoms with Crippen LogP contribution in [0.4, 0.5) is 28.4 Å². The first-order valence-electron chi connectivity index (χ1n) is 9.26. The second kappa shape index (κ2) is 7.64. The highest BCUT2D eigenvalue weighted by Crippen LogP contribution is 2.23. The average molecular weight is 401 g/mol. The Balaban J connectivity index is 1.67. The lowest BCUT2D eigenvalue weighted by Crippen LogP contribution is -2.56. The zero-order valence-electron chi connectivity index (χ0n) is 16.1. The van der Waals surface area contributed by atoms with Crippen molar-refractivity contribution in [3.8, 4) is 0 Å². The highest BCUT2D eigenvalue weighted by atomic mass is 15.4. The van der Waals surface area contributed by atoms with Gasteiger partial charge in [-0.3, -0.25) is 5.73 Å². The summed E-state index contributed by atoms with van der Waals surface area (Å²) in [6, 6.07) is 21.7. The van der Waals surface area contributed by atoms with Crippen LogP contribution in [0.5, 0.6) is 0 Å². The summed E-state index contributed by atoms with van der Waals surface area (Å²) in [5.41, 5.74) is 28.2. The van der Waals surface area contributed by atoms with Gasteiger partial charge in [0.25, 0.3) is 0 Å². The Hall–Kier alpha value is -4.24. The van der Waals surface area contributed by atoms with Crippen molar-refractivity contribution in [2.24, 2.45) is 15.7 Å². The van der Waals surface area contributed by atoms with E-state index in [4.69, 9.17) is 22.9 Å². The molecule has 0 aliphatic carbocycles. The van der Waals surface area contributed by atoms with Crippen molar-refractivity contribution >= 4 is 40.4 Å². The minimum Gasteiger partial charge on any atom is -0.399 e. The summed E-state index contributed by atoms with van der Waals surface area (Å²) in [7, 11) is 0. The first-order chi connectivity index (χ1) is 14.4. The Labute approximate surface area is 173 Å². The van der Waals surface area contributed by atoms with Gasteiger partial charge in [0.2, 0.25) is 17.7 Å². The number of anilines is 5. The maximum Gasteiger partial charge on any atom is 0.229 e. The van der Waals surface area contributed by atoms with Crippen LogP contribution in [-0.2, 0) is 5.79 Å². The lowest BCUT2D eigenvalue weighted by atomic mass is 10.1. The number of nitrogens with two attached hydrogens (primary N) is 4. The number of hydrogen-bond acceptors (Lipinski definition) is 9. The van der Waals surface area contributed by atoms with Gasteiger partial charge in [-0.15, -0.1) is 0 Å². The standard InChI is InChI=1S/C21H23N9/c22-14-3-1-13(2-4-14)21(25)29-19(26-17-9-5-15(23)6-10-17)28-20(30-21)27-18-11-7-16(24)8-12-18/h1-12H,22-25H2,(H3,26,27,28,29,30). The van der Waals surface area contributed by atoms with Gasteiger partial charge in [0.1, 0.15) is 0 Å². The predicted octanol–water partition coefficient (Wildman–Crippen LogP) is 2.04. The number of nitrogen functional groups attached to an aromatic ring is 3. The van der Waals surface area contributed by atoms with Gasteiger partial charge in [0.15, 0.2) is 0 Å². The molecule has 152 valence electrons. The number of guanidine groups is 2. The van der Waals surface area contributed by atoms with Crippen LogP contribution in [0, 0.1) is 0 Å². The molecule has 0 fully saturated rings. The van der Waals surface area contributed by atoms with E-state index in [1.165, 1.54) is 0 Å². The molecule has 0 radical (unpaired) electrons. The monoisotopic (exact) mass is 401 g/mol. The van der Waals surface area contributed by atoms with Crippen molar-refractivity contribution in [2.45, 2.75) is 5.79 Å². The molecule has 11 N–H and O–H groups in total. The van der Waals surface area contributed by atoms with Gasteiger partial charge >= 0.3 is 0 Å². The molecule has 0 bridgehead atoms. The first kappa shape index (κ1) is 19.1. The van der Waals surface area contributed by atoms with Crippen LogP contribution in [0.15, 0.2) is 82.8 Å². The molecule has 1 aliphatic heterocycles. The third kappa shape index (κ3) is 4.26. The molecule has 9 heteroatoms. The summed E-state index contributed by atoms with van der Waals surface area (Å²) >= 11 is 0. The zero-order valence-corrected chi connectivity index (χ0v) is 16.1. The minimum atomic E-state index is -1.26. The van der Waals surface area contributed by atoms with Gasteiger partial charge in [-0.05, 0) is 60.7 Å². The van der Waals surface area contributed by atoms with Crippen LogP contribution in [0.3, 0.4) is 0 Å². The van der Waals surface area contributed by atoms with Crippen LogP contribution in [0.25, 0.3) is 0 Å². The Morgan fingerprint density at radius 3 is 1.67 bits per heavy atom. The first-order valence-corrected chi connectivity index (χ1v) is 9.26. The van der Waals surface area contributed by atoms with Crippen molar-refractivity contribution in [3.63, 3.8) is 0 Å². The molecule has 0 amide bonds. The van der Waals surface area contributed by atoms with Crippen LogP contribution in [0.1, 0.15) is 5.56 Å². The second-order valence-electron chi connectivity index (χ2n) is 6.90. The smallest absolute Gasteiger partial charge is 0.229 e. The summed E-state index contributed by atoms with van der Waals surface area (Å²) in [6.07, 6.45) is 0. The van der Waals surface area contributed by atoms with E-state index in [2.05, 4.69) is 25.9 Å². The number of benzene rings is 3. The van der Waals surface area contributed by atoms with E-state index < -0.39 is 5.79 Å². The van der Waals surface area contributed by atoms with Gasteiger partial charge < -0.3 is 33.2 Å². The molecule has 9 nitrogen and oxygen atoms in total. The topological polar surface area (TPSA) is 165 Å². The quantitative estimate of drug-likeness (QED) is 0.330. The largest absolute Gasteiger partial charge is 0.399 e. The number of nitrogens with one attached hydrogen (secondary N) is 3. The molecule has 1 atom stereocenters. The highest BCUT2D eigenvalue weighted by molar-refractivity contribution is 6.08. The van der Waals surface area contributed by atoms with E-state index in [1.54, 1.807) is 36.4 Å². The summed E-state index contributed by atoms with van der Waals surface area (Å²) in [4.78, 5) is 9.11. The zero-order chi connectivity index (χ0) is 21.1. The molecule has 3 aromatic rings. The summed E-state index contributed by atoms with van der Waals surface area (Å²) in [6.45, 7) is 0. The molecule has 4 rings (SSSR count). The Kier molecular flexibility index (Phi) is 4.87. The number of nitrogens with zero attached hydrogens (tertiary/aromatic N) is 2. The van der Waals surface area contributed by atoms with E-state index in [9.17, 15) is 0 Å². The van der Waals surface area contributed by atoms with Crippen LogP contribution < -0.4 is 38.9 Å². The molecule has 0 aromatic heterocycles. The van der Waals surface area contributed by atoms with E-state index in [0.717, 1.165) is 16.9 Å². The number of rotatable bonds is 3. The normalized spacial score (nSPS) is 18.0. The molecule has 30 heavy (non-hydrogen) atoms. The SMILES string of the molecule is Nc1ccc(NC2=NC(N)(c3ccc(N)cc3)NC(Nc3ccc(N)cc3)=N2)cc1. The molecule has 0 spiro atoms. The van der Waals surface area contributed by atoms with Crippen molar-refractivity contribution in [2.75, 3.05) is 27.8 Å². The maximum atomic E-state index is 6.63. The minimum absolute atomic E-state index is 0.329. The Bertz CT molecular complexity index is 1090. The third-order valence-corrected chi connectivity index (χ3v) is 4.50. The molecule has 1 aliphatic rings. The molecule has 0 saturated heterocycles. The summed E-state index contributed by atoms with van der Waals surface area (Å²) in [5, 5.41) is 9.53. The van der Waals surface area contributed by atoms with E-state index >= 15 is 0 Å². The second-order valence-corrected chi connectivity index (χ2v) is 6.90. The van der Waals surface area contributed by atoms with Crippen molar-refractivity contribution in [1.29, 1.82) is 0 Å². The van der Waals surface area contributed by atoms with E-state index in [1.807, 2.05) is 36.4 Å². The van der Waals surface area contributed by atoms with Gasteiger partial charge in [0.05, 0.1) is 0 Å². The fourth-order valence-electron chi connectivity index (χ4n) is 2.92. The molecule has 0 saturated carbocycles. The predicted molar refractivity (Wildman–Crippen MR) is 124 cm³/mol. The van der Waals surface area contributed by atoms with E-state index in [-0.39, 0.29) is 0 Å². The average Bonchev–Trinajstić information content (AvgIpc) is 2.71. The molecular formula is C21H23N9. The van der Waals surface area contributed by atoms with Crippen LogP contribution in [0.2, 0.25) is 0 Å². The van der Waals surface area contributed by atoms with Crippen molar-refractivity contribution in [3.05, 3.63) is 78.4 Å². The van der Waals surface area contributed by atoms with Gasteiger partial charge in [-0.2, -0.15) is 4.99 Å². The van der Waals surface area contributed by atoms with Crippen molar-refractivity contribution < 1.29 is 0 Å². The summed E-state index contributed by atoms with van der Waals surface area (Å²) in [5.74, 6) is -0.510. The molecular weight excluding hydrogens is 378 g/mol. The number of hydrogen-bond donors (Lipinski definition) is 7. The number of aliphatic imine (C=N–C) groups is 2. The third-order valence-electron chi connectivity index (χ3n) is 4.50. The van der Waals surface area contributed by atoms with Gasteiger partial charge in [-0.1, -0.05) is 12.1 Å².